The maximum absolute atomic E-state index is 10.6. The van der Waals surface area contributed by atoms with Gasteiger partial charge in [0.1, 0.15) is 11.0 Å². The van der Waals surface area contributed by atoms with E-state index >= 15 is 0 Å². The third kappa shape index (κ3) is 1.47. The molecule has 13 heavy (non-hydrogen) atoms. The fraction of sp³-hybridized carbons (Fsp3) is 0.375. The van der Waals surface area contributed by atoms with Gasteiger partial charge in [0.05, 0.1) is 0 Å². The van der Waals surface area contributed by atoms with E-state index in [4.69, 9.17) is 0 Å². The molecule has 4 nitrogen and oxygen atoms in total. The Morgan fingerprint density at radius 1 is 1.77 bits per heavy atom. The number of carbonyl (C=O) groups is 1. The quantitative estimate of drug-likeness (QED) is 0.668. The monoisotopic (exact) mass is 195 g/mol. The van der Waals surface area contributed by atoms with Crippen LogP contribution in [-0.2, 0) is 4.79 Å². The molecule has 1 atom stereocenters. The molecule has 1 aromatic rings. The predicted molar refractivity (Wildman–Crippen MR) is 50.6 cm³/mol. The first-order valence-electron chi connectivity index (χ1n) is 3.99. The minimum absolute atomic E-state index is 0.0243. The van der Waals surface area contributed by atoms with Crippen LogP contribution in [0.25, 0.3) is 0 Å². The van der Waals surface area contributed by atoms with Crippen LogP contribution in [0.15, 0.2) is 11.3 Å². The number of hydrogen-bond acceptors (Lipinski definition) is 4. The molecule has 1 aromatic heterocycles. The van der Waals surface area contributed by atoms with Crippen molar-refractivity contribution in [1.82, 2.24) is 9.99 Å². The van der Waals surface area contributed by atoms with Gasteiger partial charge in [0.15, 0.2) is 0 Å². The molecule has 0 aromatic carbocycles. The van der Waals surface area contributed by atoms with E-state index in [1.807, 2.05) is 13.1 Å². The topological polar surface area (TPSA) is 45.6 Å². The second kappa shape index (κ2) is 3.26. The van der Waals surface area contributed by atoms with Gasteiger partial charge in [-0.3, -0.25) is 4.79 Å². The molecule has 0 radical (unpaired) electrons. The lowest BCUT2D eigenvalue weighted by atomic mass is 10.2. The second-order valence-electron chi connectivity index (χ2n) is 2.84. The summed E-state index contributed by atoms with van der Waals surface area (Å²) in [5, 5.41) is 6.30. The lowest BCUT2D eigenvalue weighted by Gasteiger charge is -2.13. The van der Waals surface area contributed by atoms with Gasteiger partial charge in [-0.15, -0.1) is 11.3 Å². The zero-order valence-electron chi connectivity index (χ0n) is 7.17. The predicted octanol–water partition coefficient (Wildman–Crippen LogP) is 1.34. The summed E-state index contributed by atoms with van der Waals surface area (Å²) >= 11 is 1.61. The molecule has 1 aliphatic heterocycles. The first kappa shape index (κ1) is 8.37. The molecule has 1 amide bonds. The number of thiazole rings is 1. The summed E-state index contributed by atoms with van der Waals surface area (Å²) in [7, 11) is 0. The van der Waals surface area contributed by atoms with Gasteiger partial charge in [-0.05, 0) is 6.92 Å². The summed E-state index contributed by atoms with van der Waals surface area (Å²) in [5.74, 6) is 0. The van der Waals surface area contributed by atoms with Crippen molar-refractivity contribution in [2.24, 2.45) is 5.10 Å². The zero-order valence-corrected chi connectivity index (χ0v) is 7.99. The largest absolute Gasteiger partial charge is 0.277 e. The summed E-state index contributed by atoms with van der Waals surface area (Å²) in [6, 6.07) is 0.0243. The van der Waals surface area contributed by atoms with Crippen molar-refractivity contribution in [3.63, 3.8) is 0 Å². The van der Waals surface area contributed by atoms with Gasteiger partial charge in [-0.1, -0.05) is 0 Å². The van der Waals surface area contributed by atoms with Gasteiger partial charge >= 0.3 is 0 Å². The summed E-state index contributed by atoms with van der Waals surface area (Å²) in [6.07, 6.45) is 5.08. The smallest absolute Gasteiger partial charge is 0.230 e. The average Bonchev–Trinajstić information content (AvgIpc) is 2.71. The molecule has 1 unspecified atom stereocenters. The number of aryl methyl sites for hydroxylation is 1. The first-order valence-corrected chi connectivity index (χ1v) is 4.81. The van der Waals surface area contributed by atoms with Crippen molar-refractivity contribution in [2.45, 2.75) is 19.4 Å². The SMILES string of the molecule is Cc1cnc(C2CC=NN2C=O)s1. The van der Waals surface area contributed by atoms with Crippen LogP contribution in [0, 0.1) is 6.92 Å². The fourth-order valence-electron chi connectivity index (χ4n) is 1.27. The van der Waals surface area contributed by atoms with Crippen LogP contribution in [0.5, 0.6) is 0 Å². The van der Waals surface area contributed by atoms with Crippen molar-refractivity contribution < 1.29 is 4.79 Å². The van der Waals surface area contributed by atoms with Crippen molar-refractivity contribution in [1.29, 1.82) is 0 Å². The molecule has 0 aliphatic carbocycles. The van der Waals surface area contributed by atoms with Crippen LogP contribution in [-0.4, -0.2) is 22.6 Å². The molecule has 5 heteroatoms. The van der Waals surface area contributed by atoms with Gasteiger partial charge < -0.3 is 0 Å². The fourth-order valence-corrected chi connectivity index (χ4v) is 2.15. The van der Waals surface area contributed by atoms with Crippen LogP contribution in [0.3, 0.4) is 0 Å². The number of aromatic nitrogens is 1. The highest BCUT2D eigenvalue weighted by atomic mass is 32.1. The van der Waals surface area contributed by atoms with E-state index < -0.39 is 0 Å². The van der Waals surface area contributed by atoms with E-state index in [1.54, 1.807) is 17.6 Å². The summed E-state index contributed by atoms with van der Waals surface area (Å²) in [4.78, 5) is 16.0. The number of carbonyl (C=O) groups excluding carboxylic acids is 1. The Morgan fingerprint density at radius 2 is 2.62 bits per heavy atom. The summed E-state index contributed by atoms with van der Waals surface area (Å²) in [6.45, 7) is 2.00. The normalized spacial score (nSPS) is 21.0. The van der Waals surface area contributed by atoms with E-state index in [-0.39, 0.29) is 6.04 Å². The Bertz CT molecular complexity index is 347. The van der Waals surface area contributed by atoms with Crippen LogP contribution in [0.1, 0.15) is 22.3 Å². The van der Waals surface area contributed by atoms with Crippen molar-refractivity contribution in [2.75, 3.05) is 0 Å². The molecule has 2 rings (SSSR count). The Labute approximate surface area is 79.9 Å². The van der Waals surface area contributed by atoms with E-state index in [9.17, 15) is 4.79 Å². The van der Waals surface area contributed by atoms with Crippen molar-refractivity contribution in [3.05, 3.63) is 16.1 Å². The highest BCUT2D eigenvalue weighted by Crippen LogP contribution is 2.29. The highest BCUT2D eigenvalue weighted by Gasteiger charge is 2.24. The third-order valence-electron chi connectivity index (χ3n) is 1.90. The molecule has 0 saturated carbocycles. The molecule has 0 saturated heterocycles. The van der Waals surface area contributed by atoms with E-state index in [0.29, 0.717) is 0 Å². The molecular formula is C8H9N3OS. The van der Waals surface area contributed by atoms with Gasteiger partial charge in [0.25, 0.3) is 0 Å². The van der Waals surface area contributed by atoms with Crippen LogP contribution < -0.4 is 0 Å². The standard InChI is InChI=1S/C8H9N3OS/c1-6-4-9-8(13-6)7-2-3-10-11(7)5-12/h3-5,7H,2H2,1H3. The third-order valence-corrected chi connectivity index (χ3v) is 2.91. The van der Waals surface area contributed by atoms with Crippen LogP contribution in [0.2, 0.25) is 0 Å². The van der Waals surface area contributed by atoms with Crippen molar-refractivity contribution in [3.8, 4) is 0 Å². The van der Waals surface area contributed by atoms with E-state index in [0.717, 1.165) is 22.7 Å². The molecule has 0 N–H and O–H groups in total. The van der Waals surface area contributed by atoms with Gasteiger partial charge in [0.2, 0.25) is 6.41 Å². The van der Waals surface area contributed by atoms with Crippen LogP contribution >= 0.6 is 11.3 Å². The Hall–Kier alpha value is -1.23. The second-order valence-corrected chi connectivity index (χ2v) is 4.11. The lowest BCUT2D eigenvalue weighted by molar-refractivity contribution is -0.119. The van der Waals surface area contributed by atoms with E-state index in [2.05, 4.69) is 10.1 Å². The summed E-state index contributed by atoms with van der Waals surface area (Å²) < 4.78 is 0. The van der Waals surface area contributed by atoms with Crippen molar-refractivity contribution >= 4 is 24.0 Å². The number of nitrogens with zero attached hydrogens (tertiary/aromatic N) is 3. The molecule has 0 fully saturated rings. The lowest BCUT2D eigenvalue weighted by Crippen LogP contribution is -2.16. The molecular weight excluding hydrogens is 186 g/mol. The molecule has 0 bridgehead atoms. The average molecular weight is 195 g/mol. The number of rotatable bonds is 2. The van der Waals surface area contributed by atoms with Crippen LogP contribution in [0.4, 0.5) is 0 Å². The molecule has 68 valence electrons. The Kier molecular flexibility index (Phi) is 2.10. The van der Waals surface area contributed by atoms with Gasteiger partial charge in [-0.25, -0.2) is 9.99 Å². The maximum Gasteiger partial charge on any atom is 0.230 e. The number of hydrogen-bond donors (Lipinski definition) is 0. The highest BCUT2D eigenvalue weighted by molar-refractivity contribution is 7.11. The maximum atomic E-state index is 10.6. The minimum Gasteiger partial charge on any atom is -0.277 e. The zero-order chi connectivity index (χ0) is 9.26. The Balaban J connectivity index is 2.22. The van der Waals surface area contributed by atoms with Gasteiger partial charge in [-0.2, -0.15) is 5.10 Å². The van der Waals surface area contributed by atoms with E-state index in [1.165, 1.54) is 5.01 Å². The summed E-state index contributed by atoms with van der Waals surface area (Å²) in [5.41, 5.74) is 0. The Morgan fingerprint density at radius 3 is 3.23 bits per heavy atom. The molecule has 1 aliphatic rings. The molecule has 0 spiro atoms. The first-order chi connectivity index (χ1) is 6.31. The number of hydrazone groups is 1. The molecule has 2 heterocycles. The van der Waals surface area contributed by atoms with Gasteiger partial charge in [0, 0.05) is 23.7 Å². The minimum atomic E-state index is 0.0243. The number of amides is 1.